The SMILES string of the molecule is Cc1cccc(N2C(=O)[C@H]3[C@@H](C2=O)N2[C@@H](c4cccs4)[C@H]4C(=O)N(c5cccc(C)c5)C(=O)[C@@H]4N2[C@@H]3c2cccs2)c1. The predicted molar refractivity (Wildman–Crippen MR) is 160 cm³/mol. The van der Waals surface area contributed by atoms with Crippen LogP contribution in [-0.4, -0.2) is 45.7 Å². The minimum atomic E-state index is -0.837. The zero-order chi connectivity index (χ0) is 28.9. The van der Waals surface area contributed by atoms with Gasteiger partial charge < -0.3 is 0 Å². The first-order valence-corrected chi connectivity index (χ1v) is 15.6. The van der Waals surface area contributed by atoms with Gasteiger partial charge in [0, 0.05) is 9.75 Å². The molecule has 0 bridgehead atoms. The number of hydrogen-bond acceptors (Lipinski definition) is 8. The second-order valence-electron chi connectivity index (χ2n) is 11.3. The number of carbonyl (C=O) groups excluding carboxylic acids is 4. The first kappa shape index (κ1) is 25.7. The van der Waals surface area contributed by atoms with Crippen molar-refractivity contribution in [3.05, 3.63) is 104 Å². The lowest BCUT2D eigenvalue weighted by atomic mass is 9.88. The first-order chi connectivity index (χ1) is 20.4. The number of fused-ring (bicyclic) bond motifs is 5. The molecule has 0 radical (unpaired) electrons. The summed E-state index contributed by atoms with van der Waals surface area (Å²) >= 11 is 2.99. The fraction of sp³-hybridized carbons (Fsp3) is 0.250. The van der Waals surface area contributed by atoms with Gasteiger partial charge in [-0.25, -0.2) is 19.8 Å². The van der Waals surface area contributed by atoms with Crippen LogP contribution in [0, 0.1) is 25.7 Å². The smallest absolute Gasteiger partial charge is 0.253 e. The number of hydrazine groups is 1. The van der Waals surface area contributed by atoms with Crippen LogP contribution in [0.1, 0.15) is 33.0 Å². The summed E-state index contributed by atoms with van der Waals surface area (Å²) < 4.78 is 0. The summed E-state index contributed by atoms with van der Waals surface area (Å²) in [5, 5.41) is 7.74. The molecule has 6 heterocycles. The van der Waals surface area contributed by atoms with E-state index in [0.29, 0.717) is 11.4 Å². The summed E-state index contributed by atoms with van der Waals surface area (Å²) in [7, 11) is 0. The van der Waals surface area contributed by atoms with Crippen LogP contribution in [0.4, 0.5) is 11.4 Å². The van der Waals surface area contributed by atoms with Crippen LogP contribution in [0.2, 0.25) is 0 Å². The van der Waals surface area contributed by atoms with Gasteiger partial charge >= 0.3 is 0 Å². The van der Waals surface area contributed by atoms with E-state index >= 15 is 0 Å². The van der Waals surface area contributed by atoms with Gasteiger partial charge in [-0.15, -0.1) is 22.7 Å². The van der Waals surface area contributed by atoms with Gasteiger partial charge in [0.05, 0.1) is 35.3 Å². The lowest BCUT2D eigenvalue weighted by molar-refractivity contribution is -0.135. The normalized spacial score (nSPS) is 29.1. The quantitative estimate of drug-likeness (QED) is 0.314. The number of imide groups is 2. The highest BCUT2D eigenvalue weighted by atomic mass is 32.1. The van der Waals surface area contributed by atoms with Crippen LogP contribution in [0.5, 0.6) is 0 Å². The van der Waals surface area contributed by atoms with Gasteiger partial charge in [-0.3, -0.25) is 19.2 Å². The average molecular weight is 595 g/mol. The fourth-order valence-electron chi connectivity index (χ4n) is 7.35. The average Bonchev–Trinajstić information content (AvgIpc) is 3.79. The lowest BCUT2D eigenvalue weighted by Gasteiger charge is -2.35. The van der Waals surface area contributed by atoms with Crippen LogP contribution in [-0.2, 0) is 19.2 Å². The summed E-state index contributed by atoms with van der Waals surface area (Å²) in [6, 6.07) is 19.7. The molecule has 210 valence electrons. The zero-order valence-electron chi connectivity index (χ0n) is 22.8. The standard InChI is InChI=1S/C32H26N4O4S2/c1-17-7-3-9-19(15-17)33-29(37)23-25(21-11-5-13-41-21)36-28-24(26(22-12-6-14-42-22)35(36)27(23)31(33)39)30(38)34(32(28)40)20-10-4-8-18(2)16-20/h3-16,23-28H,1-2H3/t23-,24-,25-,26+,27+,28-/m1/s1. The van der Waals surface area contributed by atoms with E-state index in [-0.39, 0.29) is 23.6 Å². The van der Waals surface area contributed by atoms with Crippen molar-refractivity contribution in [1.29, 1.82) is 0 Å². The molecule has 42 heavy (non-hydrogen) atoms. The third-order valence-corrected chi connectivity index (χ3v) is 10.8. The third-order valence-electron chi connectivity index (χ3n) is 8.91. The van der Waals surface area contributed by atoms with Crippen molar-refractivity contribution in [3.63, 3.8) is 0 Å². The number of hydrogen-bond donors (Lipinski definition) is 0. The minimum Gasteiger partial charge on any atom is -0.274 e. The number of aryl methyl sites for hydroxylation is 2. The van der Waals surface area contributed by atoms with Crippen molar-refractivity contribution in [2.45, 2.75) is 38.0 Å². The number of carbonyl (C=O) groups is 4. The molecule has 4 aromatic rings. The number of rotatable bonds is 4. The highest BCUT2D eigenvalue weighted by Gasteiger charge is 2.74. The number of benzene rings is 2. The summed E-state index contributed by atoms with van der Waals surface area (Å²) in [6.07, 6.45) is 0. The molecule has 2 aromatic carbocycles. The van der Waals surface area contributed by atoms with E-state index in [4.69, 9.17) is 0 Å². The Kier molecular flexibility index (Phi) is 5.68. The second kappa shape index (κ2) is 9.27. The van der Waals surface area contributed by atoms with Crippen LogP contribution in [0.15, 0.2) is 83.6 Å². The Morgan fingerprint density at radius 1 is 0.524 bits per heavy atom. The predicted octanol–water partition coefficient (Wildman–Crippen LogP) is 4.87. The molecule has 0 unspecified atom stereocenters. The van der Waals surface area contributed by atoms with Gasteiger partial charge in [0.2, 0.25) is 11.8 Å². The molecule has 4 aliphatic rings. The fourth-order valence-corrected chi connectivity index (χ4v) is 9.09. The molecule has 0 saturated carbocycles. The molecule has 4 saturated heterocycles. The molecule has 4 amide bonds. The number of nitrogens with zero attached hydrogens (tertiary/aromatic N) is 4. The highest BCUT2D eigenvalue weighted by molar-refractivity contribution is 7.10. The second-order valence-corrected chi connectivity index (χ2v) is 13.3. The molecule has 0 aliphatic carbocycles. The molecule has 8 rings (SSSR count). The Balaban J connectivity index is 1.31. The zero-order valence-corrected chi connectivity index (χ0v) is 24.4. The third kappa shape index (κ3) is 3.40. The maximum absolute atomic E-state index is 14.4. The minimum absolute atomic E-state index is 0.280. The maximum Gasteiger partial charge on any atom is 0.253 e. The van der Waals surface area contributed by atoms with Crippen LogP contribution >= 0.6 is 22.7 Å². The summed E-state index contributed by atoms with van der Waals surface area (Å²) in [5.74, 6) is -2.66. The molecule has 0 N–H and O–H groups in total. The molecule has 6 atom stereocenters. The van der Waals surface area contributed by atoms with E-state index in [0.717, 1.165) is 20.9 Å². The van der Waals surface area contributed by atoms with Gasteiger partial charge in [-0.05, 0) is 72.1 Å². The Hall–Kier alpha value is -3.96. The first-order valence-electron chi connectivity index (χ1n) is 13.9. The Morgan fingerprint density at radius 2 is 0.952 bits per heavy atom. The van der Waals surface area contributed by atoms with Crippen molar-refractivity contribution in [3.8, 4) is 0 Å². The number of thiophene rings is 2. The number of anilines is 2. The molecular formula is C32H26N4O4S2. The maximum atomic E-state index is 14.4. The molecule has 8 nitrogen and oxygen atoms in total. The van der Waals surface area contributed by atoms with E-state index in [1.807, 2.05) is 95.3 Å². The van der Waals surface area contributed by atoms with E-state index in [9.17, 15) is 19.2 Å². The molecule has 10 heteroatoms. The van der Waals surface area contributed by atoms with Crippen LogP contribution < -0.4 is 9.80 Å². The largest absolute Gasteiger partial charge is 0.274 e. The molecular weight excluding hydrogens is 569 g/mol. The van der Waals surface area contributed by atoms with E-state index < -0.39 is 36.0 Å². The molecule has 4 fully saturated rings. The topological polar surface area (TPSA) is 81.2 Å². The van der Waals surface area contributed by atoms with Crippen molar-refractivity contribution >= 4 is 57.7 Å². The van der Waals surface area contributed by atoms with E-state index in [1.54, 1.807) is 12.1 Å². The summed E-state index contributed by atoms with van der Waals surface area (Å²) in [4.78, 5) is 61.7. The molecule has 2 aromatic heterocycles. The van der Waals surface area contributed by atoms with Crippen LogP contribution in [0.25, 0.3) is 0 Å². The van der Waals surface area contributed by atoms with Crippen molar-refractivity contribution < 1.29 is 19.2 Å². The van der Waals surface area contributed by atoms with Crippen molar-refractivity contribution in [2.75, 3.05) is 9.80 Å². The molecule has 4 aliphatic heterocycles. The van der Waals surface area contributed by atoms with E-state index in [2.05, 4.69) is 0 Å². The highest BCUT2D eigenvalue weighted by Crippen LogP contribution is 2.60. The van der Waals surface area contributed by atoms with Gasteiger partial charge in [-0.2, -0.15) is 0 Å². The van der Waals surface area contributed by atoms with Crippen molar-refractivity contribution in [2.24, 2.45) is 11.8 Å². The lowest BCUT2D eigenvalue weighted by Crippen LogP contribution is -2.50. The molecule has 0 spiro atoms. The Labute approximate surface area is 250 Å². The summed E-state index contributed by atoms with van der Waals surface area (Å²) in [5.41, 5.74) is 2.98. The Bertz CT molecular complexity index is 1640. The van der Waals surface area contributed by atoms with Gasteiger partial charge in [0.15, 0.2) is 0 Å². The van der Waals surface area contributed by atoms with Crippen LogP contribution in [0.3, 0.4) is 0 Å². The summed E-state index contributed by atoms with van der Waals surface area (Å²) in [6.45, 7) is 3.86. The monoisotopic (exact) mass is 594 g/mol. The van der Waals surface area contributed by atoms with Gasteiger partial charge in [0.1, 0.15) is 12.1 Å². The van der Waals surface area contributed by atoms with Gasteiger partial charge in [-0.1, -0.05) is 36.4 Å². The van der Waals surface area contributed by atoms with Crippen molar-refractivity contribution in [1.82, 2.24) is 10.0 Å². The van der Waals surface area contributed by atoms with Gasteiger partial charge in [0.25, 0.3) is 11.8 Å². The Morgan fingerprint density at radius 3 is 1.31 bits per heavy atom. The number of amides is 4. The van der Waals surface area contributed by atoms with E-state index in [1.165, 1.54) is 32.5 Å².